The summed E-state index contributed by atoms with van der Waals surface area (Å²) < 4.78 is 6.22. The van der Waals surface area contributed by atoms with Gasteiger partial charge in [-0.2, -0.15) is 0 Å². The lowest BCUT2D eigenvalue weighted by Gasteiger charge is -2.16. The van der Waals surface area contributed by atoms with Gasteiger partial charge in [-0.05, 0) is 36.7 Å². The molecule has 2 nitrogen and oxygen atoms in total. The van der Waals surface area contributed by atoms with Crippen LogP contribution >= 0.6 is 0 Å². The fraction of sp³-hybridized carbons (Fsp3) is 0.294. The van der Waals surface area contributed by atoms with E-state index >= 15 is 0 Å². The van der Waals surface area contributed by atoms with Gasteiger partial charge in [-0.3, -0.25) is 0 Å². The van der Waals surface area contributed by atoms with Crippen LogP contribution in [0.25, 0.3) is 0 Å². The van der Waals surface area contributed by atoms with E-state index in [2.05, 4.69) is 42.6 Å². The summed E-state index contributed by atoms with van der Waals surface area (Å²) in [6, 6.07) is 17.2. The molecule has 0 aliphatic heterocycles. The molecule has 0 unspecified atom stereocenters. The zero-order chi connectivity index (χ0) is 13.2. The summed E-state index contributed by atoms with van der Waals surface area (Å²) in [4.78, 5) is 0. The highest BCUT2D eigenvalue weighted by Crippen LogP contribution is 2.41. The summed E-state index contributed by atoms with van der Waals surface area (Å²) in [5.74, 6) is 0.985. The van der Waals surface area contributed by atoms with Gasteiger partial charge in [0.2, 0.25) is 0 Å². The van der Waals surface area contributed by atoms with Gasteiger partial charge in [0.15, 0.2) is 0 Å². The number of aryl methyl sites for hydroxylation is 1. The van der Waals surface area contributed by atoms with E-state index in [1.807, 2.05) is 25.2 Å². The minimum Gasteiger partial charge on any atom is -0.485 e. The molecule has 0 amide bonds. The first-order valence-corrected chi connectivity index (χ1v) is 6.78. The van der Waals surface area contributed by atoms with Crippen LogP contribution in [0.15, 0.2) is 48.5 Å². The molecule has 0 heterocycles. The lowest BCUT2D eigenvalue weighted by molar-refractivity contribution is 0.195. The third-order valence-corrected chi connectivity index (χ3v) is 3.88. The number of rotatable bonds is 3. The molecule has 0 aromatic heterocycles. The van der Waals surface area contributed by atoms with Gasteiger partial charge in [-0.25, -0.2) is 0 Å². The molecule has 0 spiro atoms. The van der Waals surface area contributed by atoms with Crippen molar-refractivity contribution in [1.82, 2.24) is 5.32 Å². The standard InChI is InChI=1S/C17H19NO/c1-12-7-3-6-10-16(12)19-17-11-15(18-2)13-8-4-5-9-14(13)17/h3-10,15,17-18H,11H2,1-2H3/t15-,17-/m0/s1. The summed E-state index contributed by atoms with van der Waals surface area (Å²) in [5, 5.41) is 3.37. The van der Waals surface area contributed by atoms with Gasteiger partial charge in [0.1, 0.15) is 11.9 Å². The first-order valence-electron chi connectivity index (χ1n) is 6.78. The van der Waals surface area contributed by atoms with E-state index in [4.69, 9.17) is 4.74 Å². The van der Waals surface area contributed by atoms with Crippen molar-refractivity contribution >= 4 is 0 Å². The van der Waals surface area contributed by atoms with Crippen LogP contribution in [-0.4, -0.2) is 7.05 Å². The predicted molar refractivity (Wildman–Crippen MR) is 77.4 cm³/mol. The number of para-hydroxylation sites is 1. The first-order chi connectivity index (χ1) is 9.29. The van der Waals surface area contributed by atoms with Crippen molar-refractivity contribution in [2.45, 2.75) is 25.5 Å². The van der Waals surface area contributed by atoms with E-state index in [0.717, 1.165) is 12.2 Å². The van der Waals surface area contributed by atoms with Gasteiger partial charge in [0.05, 0.1) is 0 Å². The van der Waals surface area contributed by atoms with Crippen LogP contribution in [0.5, 0.6) is 5.75 Å². The lowest BCUT2D eigenvalue weighted by atomic mass is 10.1. The van der Waals surface area contributed by atoms with Crippen molar-refractivity contribution in [2.24, 2.45) is 0 Å². The van der Waals surface area contributed by atoms with E-state index in [-0.39, 0.29) is 6.10 Å². The largest absolute Gasteiger partial charge is 0.485 e. The molecule has 0 fully saturated rings. The first kappa shape index (κ1) is 12.2. The van der Waals surface area contributed by atoms with Crippen molar-refractivity contribution in [2.75, 3.05) is 7.05 Å². The van der Waals surface area contributed by atoms with E-state index < -0.39 is 0 Å². The molecule has 3 rings (SSSR count). The number of hydrogen-bond donors (Lipinski definition) is 1. The van der Waals surface area contributed by atoms with Gasteiger partial charge in [-0.15, -0.1) is 0 Å². The van der Waals surface area contributed by atoms with Crippen LogP contribution in [-0.2, 0) is 0 Å². The molecule has 19 heavy (non-hydrogen) atoms. The monoisotopic (exact) mass is 253 g/mol. The second-order valence-corrected chi connectivity index (χ2v) is 5.08. The van der Waals surface area contributed by atoms with Gasteiger partial charge >= 0.3 is 0 Å². The van der Waals surface area contributed by atoms with Crippen molar-refractivity contribution in [1.29, 1.82) is 0 Å². The second-order valence-electron chi connectivity index (χ2n) is 5.08. The molecule has 0 radical (unpaired) electrons. The Morgan fingerprint density at radius 2 is 1.68 bits per heavy atom. The number of benzene rings is 2. The Balaban J connectivity index is 1.90. The normalized spacial score (nSPS) is 21.2. The van der Waals surface area contributed by atoms with Gasteiger partial charge in [-0.1, -0.05) is 42.5 Å². The van der Waals surface area contributed by atoms with E-state index in [1.165, 1.54) is 16.7 Å². The van der Waals surface area contributed by atoms with Crippen molar-refractivity contribution in [3.63, 3.8) is 0 Å². The van der Waals surface area contributed by atoms with Gasteiger partial charge in [0, 0.05) is 12.5 Å². The van der Waals surface area contributed by atoms with Crippen molar-refractivity contribution in [3.05, 3.63) is 65.2 Å². The molecular formula is C17H19NO. The maximum Gasteiger partial charge on any atom is 0.126 e. The quantitative estimate of drug-likeness (QED) is 0.898. The van der Waals surface area contributed by atoms with Crippen molar-refractivity contribution < 1.29 is 4.74 Å². The van der Waals surface area contributed by atoms with Crippen LogP contribution in [0.4, 0.5) is 0 Å². The molecule has 1 N–H and O–H groups in total. The molecule has 1 aliphatic carbocycles. The Hall–Kier alpha value is -1.80. The van der Waals surface area contributed by atoms with Gasteiger partial charge < -0.3 is 10.1 Å². The Morgan fingerprint density at radius 1 is 1.00 bits per heavy atom. The number of ether oxygens (including phenoxy) is 1. The Bertz CT molecular complexity index is 579. The minimum absolute atomic E-state index is 0.148. The summed E-state index contributed by atoms with van der Waals surface area (Å²) in [6.45, 7) is 2.09. The average Bonchev–Trinajstić information content (AvgIpc) is 2.80. The highest BCUT2D eigenvalue weighted by atomic mass is 16.5. The zero-order valence-corrected chi connectivity index (χ0v) is 11.4. The Labute approximate surface area is 114 Å². The average molecular weight is 253 g/mol. The molecular weight excluding hydrogens is 234 g/mol. The Morgan fingerprint density at radius 3 is 2.42 bits per heavy atom. The minimum atomic E-state index is 0.148. The SMILES string of the molecule is CN[C@H]1C[C@H](Oc2ccccc2C)c2ccccc21. The number of nitrogens with one attached hydrogen (secondary N) is 1. The molecule has 2 aromatic rings. The fourth-order valence-corrected chi connectivity index (χ4v) is 2.82. The van der Waals surface area contributed by atoms with E-state index in [1.54, 1.807) is 0 Å². The lowest BCUT2D eigenvalue weighted by Crippen LogP contribution is -2.14. The van der Waals surface area contributed by atoms with E-state index in [9.17, 15) is 0 Å². The predicted octanol–water partition coefficient (Wildman–Crippen LogP) is 3.78. The maximum atomic E-state index is 6.22. The summed E-state index contributed by atoms with van der Waals surface area (Å²) >= 11 is 0. The topological polar surface area (TPSA) is 21.3 Å². The Kier molecular flexibility index (Phi) is 3.26. The molecule has 0 saturated heterocycles. The van der Waals surface area contributed by atoms with Crippen LogP contribution in [0.2, 0.25) is 0 Å². The molecule has 2 atom stereocenters. The van der Waals surface area contributed by atoms with Crippen LogP contribution in [0, 0.1) is 6.92 Å². The molecule has 1 aliphatic rings. The third kappa shape index (κ3) is 2.24. The summed E-state index contributed by atoms with van der Waals surface area (Å²) in [6.07, 6.45) is 1.14. The molecule has 0 saturated carbocycles. The van der Waals surface area contributed by atoms with Crippen LogP contribution in [0.3, 0.4) is 0 Å². The van der Waals surface area contributed by atoms with Crippen LogP contribution in [0.1, 0.15) is 35.3 Å². The fourth-order valence-electron chi connectivity index (χ4n) is 2.82. The summed E-state index contributed by atoms with van der Waals surface area (Å²) in [5.41, 5.74) is 3.86. The van der Waals surface area contributed by atoms with Crippen LogP contribution < -0.4 is 10.1 Å². The zero-order valence-electron chi connectivity index (χ0n) is 11.4. The second kappa shape index (κ2) is 5.06. The number of fused-ring (bicyclic) bond motifs is 1. The van der Waals surface area contributed by atoms with E-state index in [0.29, 0.717) is 6.04 Å². The molecule has 2 aromatic carbocycles. The number of hydrogen-bond acceptors (Lipinski definition) is 2. The third-order valence-electron chi connectivity index (χ3n) is 3.88. The highest BCUT2D eigenvalue weighted by molar-refractivity contribution is 5.39. The maximum absolute atomic E-state index is 6.22. The van der Waals surface area contributed by atoms with Crippen molar-refractivity contribution in [3.8, 4) is 5.75 Å². The van der Waals surface area contributed by atoms with Gasteiger partial charge in [0.25, 0.3) is 0 Å². The smallest absolute Gasteiger partial charge is 0.126 e. The highest BCUT2D eigenvalue weighted by Gasteiger charge is 2.31. The molecule has 98 valence electrons. The summed E-state index contributed by atoms with van der Waals surface area (Å²) in [7, 11) is 2.01. The molecule has 2 heteroatoms. The molecule has 0 bridgehead atoms.